The van der Waals surface area contributed by atoms with Crippen LogP contribution in [0.5, 0.6) is 5.75 Å². The molecule has 0 fully saturated rings. The summed E-state index contributed by atoms with van der Waals surface area (Å²) >= 11 is 0. The van der Waals surface area contributed by atoms with E-state index < -0.39 is 10.1 Å². The molecule has 0 saturated carbocycles. The lowest BCUT2D eigenvalue weighted by molar-refractivity contribution is 0.350. The lowest BCUT2D eigenvalue weighted by atomic mass is 10.3. The van der Waals surface area contributed by atoms with Gasteiger partial charge < -0.3 is 4.74 Å². The van der Waals surface area contributed by atoms with E-state index >= 15 is 0 Å². The molecule has 0 aliphatic rings. The molecular formula is C10H12O4S. The van der Waals surface area contributed by atoms with Crippen LogP contribution in [0.15, 0.2) is 41.3 Å². The third kappa shape index (κ3) is 3.38. The summed E-state index contributed by atoms with van der Waals surface area (Å²) in [6, 6.07) is 5.94. The zero-order valence-corrected chi connectivity index (χ0v) is 9.07. The zero-order valence-electron chi connectivity index (χ0n) is 8.25. The summed E-state index contributed by atoms with van der Waals surface area (Å²) in [7, 11) is -4.22. The number of rotatable bonds is 4. The van der Waals surface area contributed by atoms with E-state index in [1.165, 1.54) is 18.2 Å². The average molecular weight is 228 g/mol. The first-order chi connectivity index (χ1) is 7.05. The standard InChI is InChI=1S/C10H12O4S/c1-2-3-8-14-9-6-4-5-7-10(9)15(11,12)13/h2-7H,8H2,1H3,(H,11,12,13). The molecule has 0 amide bonds. The van der Waals surface area contributed by atoms with E-state index in [1.54, 1.807) is 18.2 Å². The van der Waals surface area contributed by atoms with Crippen molar-refractivity contribution in [1.29, 1.82) is 0 Å². The van der Waals surface area contributed by atoms with Crippen molar-refractivity contribution in [3.8, 4) is 5.75 Å². The lowest BCUT2D eigenvalue weighted by Gasteiger charge is -2.06. The van der Waals surface area contributed by atoms with Crippen LogP contribution in [-0.4, -0.2) is 19.6 Å². The highest BCUT2D eigenvalue weighted by molar-refractivity contribution is 7.86. The van der Waals surface area contributed by atoms with Gasteiger partial charge in [0.05, 0.1) is 0 Å². The highest BCUT2D eigenvalue weighted by Gasteiger charge is 2.15. The first kappa shape index (κ1) is 11.7. The number of benzene rings is 1. The van der Waals surface area contributed by atoms with Crippen molar-refractivity contribution < 1.29 is 17.7 Å². The normalized spacial score (nSPS) is 11.9. The van der Waals surface area contributed by atoms with Crippen molar-refractivity contribution in [1.82, 2.24) is 0 Å². The van der Waals surface area contributed by atoms with Crippen LogP contribution in [0.4, 0.5) is 0 Å². The van der Waals surface area contributed by atoms with Crippen molar-refractivity contribution in [2.45, 2.75) is 11.8 Å². The molecule has 1 rings (SSSR count). The van der Waals surface area contributed by atoms with Gasteiger partial charge in [0.25, 0.3) is 10.1 Å². The molecule has 0 atom stereocenters. The summed E-state index contributed by atoms with van der Waals surface area (Å²) in [5.74, 6) is 0.151. The molecule has 0 radical (unpaired) electrons. The van der Waals surface area contributed by atoms with E-state index in [0.717, 1.165) is 0 Å². The molecule has 0 aliphatic heterocycles. The second-order valence-electron chi connectivity index (χ2n) is 2.80. The van der Waals surface area contributed by atoms with E-state index in [1.807, 2.05) is 6.92 Å². The smallest absolute Gasteiger partial charge is 0.298 e. The Morgan fingerprint density at radius 1 is 1.40 bits per heavy atom. The summed E-state index contributed by atoms with van der Waals surface area (Å²) in [5.41, 5.74) is 0. The van der Waals surface area contributed by atoms with E-state index in [-0.39, 0.29) is 17.3 Å². The number of hydrogen-bond acceptors (Lipinski definition) is 3. The van der Waals surface area contributed by atoms with Crippen LogP contribution in [0, 0.1) is 0 Å². The molecule has 82 valence electrons. The summed E-state index contributed by atoms with van der Waals surface area (Å²) in [5, 5.41) is 0. The summed E-state index contributed by atoms with van der Waals surface area (Å²) in [4.78, 5) is -0.213. The number of hydrogen-bond donors (Lipinski definition) is 1. The van der Waals surface area contributed by atoms with Crippen molar-refractivity contribution in [2.24, 2.45) is 0 Å². The molecule has 0 heterocycles. The predicted molar refractivity (Wildman–Crippen MR) is 56.6 cm³/mol. The Balaban J connectivity index is 2.97. The van der Waals surface area contributed by atoms with Gasteiger partial charge in [0.1, 0.15) is 17.3 Å². The maximum atomic E-state index is 10.9. The molecule has 0 spiro atoms. The van der Waals surface area contributed by atoms with E-state index in [0.29, 0.717) is 0 Å². The van der Waals surface area contributed by atoms with Gasteiger partial charge in [-0.3, -0.25) is 4.55 Å². The van der Waals surface area contributed by atoms with Gasteiger partial charge in [-0.1, -0.05) is 24.3 Å². The Hall–Kier alpha value is -1.33. The quantitative estimate of drug-likeness (QED) is 0.631. The van der Waals surface area contributed by atoms with Gasteiger partial charge in [-0.2, -0.15) is 8.42 Å². The second-order valence-corrected chi connectivity index (χ2v) is 4.19. The first-order valence-electron chi connectivity index (χ1n) is 4.36. The van der Waals surface area contributed by atoms with Crippen LogP contribution in [0.1, 0.15) is 6.92 Å². The van der Waals surface area contributed by atoms with Gasteiger partial charge in [-0.05, 0) is 19.1 Å². The van der Waals surface area contributed by atoms with E-state index in [2.05, 4.69) is 0 Å². The summed E-state index contributed by atoms with van der Waals surface area (Å²) in [6.45, 7) is 2.10. The molecule has 0 bridgehead atoms. The average Bonchev–Trinajstić information content (AvgIpc) is 2.17. The van der Waals surface area contributed by atoms with E-state index in [4.69, 9.17) is 9.29 Å². The van der Waals surface area contributed by atoms with E-state index in [9.17, 15) is 8.42 Å². The lowest BCUT2D eigenvalue weighted by Crippen LogP contribution is -2.03. The Bertz CT molecular complexity index is 448. The maximum Gasteiger partial charge on any atom is 0.298 e. The minimum Gasteiger partial charge on any atom is -0.488 e. The minimum absolute atomic E-state index is 0.151. The fourth-order valence-electron chi connectivity index (χ4n) is 1.02. The van der Waals surface area contributed by atoms with Gasteiger partial charge in [0, 0.05) is 0 Å². The SMILES string of the molecule is CC=CCOc1ccccc1S(=O)(=O)O. The van der Waals surface area contributed by atoms with Crippen LogP contribution in [-0.2, 0) is 10.1 Å². The largest absolute Gasteiger partial charge is 0.488 e. The highest BCUT2D eigenvalue weighted by Crippen LogP contribution is 2.22. The molecule has 0 aliphatic carbocycles. The zero-order chi connectivity index (χ0) is 11.3. The van der Waals surface area contributed by atoms with Gasteiger partial charge in [-0.25, -0.2) is 0 Å². The number of para-hydroxylation sites is 1. The van der Waals surface area contributed by atoms with Crippen LogP contribution in [0.2, 0.25) is 0 Å². The van der Waals surface area contributed by atoms with Crippen LogP contribution < -0.4 is 4.74 Å². The van der Waals surface area contributed by atoms with Crippen molar-refractivity contribution in [3.05, 3.63) is 36.4 Å². The first-order valence-corrected chi connectivity index (χ1v) is 5.80. The summed E-state index contributed by atoms with van der Waals surface area (Å²) in [6.07, 6.45) is 3.52. The Labute approximate surface area is 88.9 Å². The molecule has 5 heteroatoms. The molecule has 4 nitrogen and oxygen atoms in total. The molecule has 1 aromatic rings. The third-order valence-electron chi connectivity index (χ3n) is 1.70. The van der Waals surface area contributed by atoms with Crippen molar-refractivity contribution >= 4 is 10.1 Å². The molecule has 1 N–H and O–H groups in total. The Kier molecular flexibility index (Phi) is 3.88. The fraction of sp³-hybridized carbons (Fsp3) is 0.200. The minimum atomic E-state index is -4.22. The van der Waals surface area contributed by atoms with Gasteiger partial charge in [0.15, 0.2) is 0 Å². The second kappa shape index (κ2) is 4.95. The van der Waals surface area contributed by atoms with Crippen LogP contribution in [0.3, 0.4) is 0 Å². The molecule has 0 aromatic heterocycles. The summed E-state index contributed by atoms with van der Waals surface area (Å²) < 4.78 is 36.0. The molecule has 15 heavy (non-hydrogen) atoms. The third-order valence-corrected chi connectivity index (χ3v) is 2.59. The number of allylic oxidation sites excluding steroid dienone is 1. The van der Waals surface area contributed by atoms with Crippen molar-refractivity contribution in [2.75, 3.05) is 6.61 Å². The monoisotopic (exact) mass is 228 g/mol. The molecule has 0 saturated heterocycles. The Morgan fingerprint density at radius 2 is 2.07 bits per heavy atom. The van der Waals surface area contributed by atoms with Gasteiger partial charge in [0.2, 0.25) is 0 Å². The predicted octanol–water partition coefficient (Wildman–Crippen LogP) is 1.89. The molecule has 1 aromatic carbocycles. The molecule has 0 unspecified atom stereocenters. The highest BCUT2D eigenvalue weighted by atomic mass is 32.2. The Morgan fingerprint density at radius 3 is 2.67 bits per heavy atom. The van der Waals surface area contributed by atoms with Crippen LogP contribution >= 0.6 is 0 Å². The number of ether oxygens (including phenoxy) is 1. The molecular weight excluding hydrogens is 216 g/mol. The maximum absolute atomic E-state index is 10.9. The fourth-order valence-corrected chi connectivity index (χ4v) is 1.65. The topological polar surface area (TPSA) is 63.6 Å². The van der Waals surface area contributed by atoms with Crippen molar-refractivity contribution in [3.63, 3.8) is 0 Å². The van der Waals surface area contributed by atoms with Gasteiger partial charge >= 0.3 is 0 Å². The van der Waals surface area contributed by atoms with Gasteiger partial charge in [-0.15, -0.1) is 0 Å². The van der Waals surface area contributed by atoms with Crippen LogP contribution in [0.25, 0.3) is 0 Å².